The standard InChI is InChI=1S/C15H26N4/c1-2-5-14(6-3-1)15-13-16-8-10-18(15)11-12-19-9-4-7-17-19/h4,7,9,14-16H,1-3,5-6,8,10-13H2. The zero-order valence-corrected chi connectivity index (χ0v) is 11.8. The van der Waals surface area contributed by atoms with Gasteiger partial charge in [0.1, 0.15) is 0 Å². The van der Waals surface area contributed by atoms with Gasteiger partial charge in [-0.05, 0) is 24.8 Å². The Kier molecular flexibility index (Phi) is 4.51. The Morgan fingerprint density at radius 2 is 2.05 bits per heavy atom. The lowest BCUT2D eigenvalue weighted by atomic mass is 9.82. The van der Waals surface area contributed by atoms with E-state index in [0.29, 0.717) is 0 Å². The molecule has 106 valence electrons. The molecule has 1 aromatic rings. The lowest BCUT2D eigenvalue weighted by Gasteiger charge is -2.42. The van der Waals surface area contributed by atoms with Crippen LogP contribution in [0.15, 0.2) is 18.5 Å². The molecule has 0 spiro atoms. The molecule has 0 aromatic carbocycles. The van der Waals surface area contributed by atoms with Crippen molar-refractivity contribution in [2.45, 2.75) is 44.7 Å². The van der Waals surface area contributed by atoms with Crippen LogP contribution in [-0.2, 0) is 6.54 Å². The summed E-state index contributed by atoms with van der Waals surface area (Å²) in [7, 11) is 0. The van der Waals surface area contributed by atoms with Crippen molar-refractivity contribution in [1.82, 2.24) is 20.0 Å². The molecule has 1 saturated heterocycles. The van der Waals surface area contributed by atoms with E-state index in [1.165, 1.54) is 45.2 Å². The van der Waals surface area contributed by atoms with E-state index < -0.39 is 0 Å². The van der Waals surface area contributed by atoms with Gasteiger partial charge < -0.3 is 5.32 Å². The summed E-state index contributed by atoms with van der Waals surface area (Å²) in [5.41, 5.74) is 0. The summed E-state index contributed by atoms with van der Waals surface area (Å²) in [5.74, 6) is 0.916. The maximum Gasteiger partial charge on any atom is 0.0536 e. The molecule has 0 amide bonds. The Bertz CT molecular complexity index is 356. The summed E-state index contributed by atoms with van der Waals surface area (Å²) in [5, 5.41) is 7.90. The number of nitrogens with one attached hydrogen (secondary N) is 1. The summed E-state index contributed by atoms with van der Waals surface area (Å²) < 4.78 is 2.06. The molecule has 1 aromatic heterocycles. The fraction of sp³-hybridized carbons (Fsp3) is 0.800. The number of hydrogen-bond donors (Lipinski definition) is 1. The van der Waals surface area contributed by atoms with Gasteiger partial charge in [-0.25, -0.2) is 0 Å². The molecular weight excluding hydrogens is 236 g/mol. The first-order valence-electron chi connectivity index (χ1n) is 7.86. The van der Waals surface area contributed by atoms with E-state index in [0.717, 1.165) is 31.6 Å². The van der Waals surface area contributed by atoms with Gasteiger partial charge in [0.05, 0.1) is 6.54 Å². The van der Waals surface area contributed by atoms with Crippen molar-refractivity contribution in [2.75, 3.05) is 26.2 Å². The van der Waals surface area contributed by atoms with Crippen LogP contribution in [0.3, 0.4) is 0 Å². The Balaban J connectivity index is 1.56. The molecule has 0 bridgehead atoms. The zero-order valence-electron chi connectivity index (χ0n) is 11.8. The molecule has 3 rings (SSSR count). The van der Waals surface area contributed by atoms with E-state index >= 15 is 0 Å². The van der Waals surface area contributed by atoms with E-state index in [2.05, 4.69) is 26.2 Å². The predicted molar refractivity (Wildman–Crippen MR) is 77.0 cm³/mol. The predicted octanol–water partition coefficient (Wildman–Crippen LogP) is 1.74. The van der Waals surface area contributed by atoms with E-state index in [9.17, 15) is 0 Å². The fourth-order valence-corrected chi connectivity index (χ4v) is 3.69. The van der Waals surface area contributed by atoms with Crippen molar-refractivity contribution in [2.24, 2.45) is 5.92 Å². The molecule has 1 aliphatic carbocycles. The molecule has 1 saturated carbocycles. The van der Waals surface area contributed by atoms with Crippen LogP contribution in [0.2, 0.25) is 0 Å². The molecule has 2 fully saturated rings. The van der Waals surface area contributed by atoms with Crippen LogP contribution < -0.4 is 5.32 Å². The van der Waals surface area contributed by atoms with Crippen molar-refractivity contribution in [3.05, 3.63) is 18.5 Å². The number of hydrogen-bond acceptors (Lipinski definition) is 3. The molecule has 4 nitrogen and oxygen atoms in total. The second kappa shape index (κ2) is 6.53. The molecule has 1 unspecified atom stereocenters. The summed E-state index contributed by atoms with van der Waals surface area (Å²) >= 11 is 0. The minimum atomic E-state index is 0.754. The van der Waals surface area contributed by atoms with Gasteiger partial charge in [-0.15, -0.1) is 0 Å². The highest BCUT2D eigenvalue weighted by atomic mass is 15.3. The largest absolute Gasteiger partial charge is 0.314 e. The molecular formula is C15H26N4. The quantitative estimate of drug-likeness (QED) is 0.897. The first-order valence-corrected chi connectivity index (χ1v) is 7.86. The summed E-state index contributed by atoms with van der Waals surface area (Å²) in [6.07, 6.45) is 11.1. The average molecular weight is 262 g/mol. The fourth-order valence-electron chi connectivity index (χ4n) is 3.69. The average Bonchev–Trinajstić information content (AvgIpc) is 3.00. The van der Waals surface area contributed by atoms with Crippen molar-refractivity contribution in [3.8, 4) is 0 Å². The van der Waals surface area contributed by atoms with Crippen LogP contribution in [0, 0.1) is 5.92 Å². The monoisotopic (exact) mass is 262 g/mol. The third kappa shape index (κ3) is 3.37. The highest BCUT2D eigenvalue weighted by Gasteiger charge is 2.30. The molecule has 2 aliphatic rings. The minimum Gasteiger partial charge on any atom is -0.314 e. The van der Waals surface area contributed by atoms with Gasteiger partial charge in [0.15, 0.2) is 0 Å². The van der Waals surface area contributed by atoms with Crippen LogP contribution in [0.5, 0.6) is 0 Å². The van der Waals surface area contributed by atoms with Crippen LogP contribution >= 0.6 is 0 Å². The lowest BCUT2D eigenvalue weighted by molar-refractivity contribution is 0.0882. The molecule has 1 atom stereocenters. The van der Waals surface area contributed by atoms with Gasteiger partial charge in [0, 0.05) is 44.6 Å². The van der Waals surface area contributed by atoms with E-state index in [1.54, 1.807) is 0 Å². The van der Waals surface area contributed by atoms with Gasteiger partial charge in [-0.3, -0.25) is 9.58 Å². The van der Waals surface area contributed by atoms with Crippen molar-refractivity contribution < 1.29 is 0 Å². The van der Waals surface area contributed by atoms with Crippen molar-refractivity contribution in [3.63, 3.8) is 0 Å². The maximum absolute atomic E-state index is 4.31. The third-order valence-electron chi connectivity index (χ3n) is 4.77. The topological polar surface area (TPSA) is 33.1 Å². The van der Waals surface area contributed by atoms with Crippen molar-refractivity contribution >= 4 is 0 Å². The smallest absolute Gasteiger partial charge is 0.0536 e. The van der Waals surface area contributed by atoms with E-state index in [-0.39, 0.29) is 0 Å². The molecule has 19 heavy (non-hydrogen) atoms. The zero-order chi connectivity index (χ0) is 12.9. The van der Waals surface area contributed by atoms with Gasteiger partial charge in [0.2, 0.25) is 0 Å². The molecule has 1 aliphatic heterocycles. The second-order valence-corrected chi connectivity index (χ2v) is 5.97. The van der Waals surface area contributed by atoms with Gasteiger partial charge >= 0.3 is 0 Å². The first-order chi connectivity index (χ1) is 9.43. The number of piperazine rings is 1. The van der Waals surface area contributed by atoms with Gasteiger partial charge in [-0.1, -0.05) is 19.3 Å². The minimum absolute atomic E-state index is 0.754. The number of rotatable bonds is 4. The van der Waals surface area contributed by atoms with Crippen LogP contribution in [0.1, 0.15) is 32.1 Å². The second-order valence-electron chi connectivity index (χ2n) is 5.97. The summed E-state index contributed by atoms with van der Waals surface area (Å²) in [6, 6.07) is 2.76. The van der Waals surface area contributed by atoms with Gasteiger partial charge in [0.25, 0.3) is 0 Å². The Hall–Kier alpha value is -0.870. The van der Waals surface area contributed by atoms with Crippen molar-refractivity contribution in [1.29, 1.82) is 0 Å². The van der Waals surface area contributed by atoms with E-state index in [1.807, 2.05) is 12.3 Å². The van der Waals surface area contributed by atoms with Gasteiger partial charge in [-0.2, -0.15) is 5.10 Å². The third-order valence-corrected chi connectivity index (χ3v) is 4.77. The Morgan fingerprint density at radius 3 is 2.84 bits per heavy atom. The van der Waals surface area contributed by atoms with Crippen LogP contribution in [0.4, 0.5) is 0 Å². The number of nitrogens with zero attached hydrogens (tertiary/aromatic N) is 3. The SMILES string of the molecule is c1cnn(CCN2CCNCC2C2CCCCC2)c1. The molecule has 0 radical (unpaired) electrons. The molecule has 1 N–H and O–H groups in total. The highest BCUT2D eigenvalue weighted by Crippen LogP contribution is 2.29. The Morgan fingerprint density at radius 1 is 1.16 bits per heavy atom. The maximum atomic E-state index is 4.31. The van der Waals surface area contributed by atoms with E-state index in [4.69, 9.17) is 0 Å². The summed E-state index contributed by atoms with van der Waals surface area (Å²) in [4.78, 5) is 2.70. The first kappa shape index (κ1) is 13.1. The number of aromatic nitrogens is 2. The lowest BCUT2D eigenvalue weighted by Crippen LogP contribution is -2.55. The van der Waals surface area contributed by atoms with Crippen LogP contribution in [-0.4, -0.2) is 46.9 Å². The molecule has 2 heterocycles. The molecule has 4 heteroatoms. The normalized spacial score (nSPS) is 26.6. The highest BCUT2D eigenvalue weighted by molar-refractivity contribution is 4.87. The Labute approximate surface area is 116 Å². The van der Waals surface area contributed by atoms with Crippen LogP contribution in [0.25, 0.3) is 0 Å². The summed E-state index contributed by atoms with van der Waals surface area (Å²) in [6.45, 7) is 5.69.